The van der Waals surface area contributed by atoms with Gasteiger partial charge in [0, 0.05) is 11.8 Å². The highest BCUT2D eigenvalue weighted by Crippen LogP contribution is 2.37. The van der Waals surface area contributed by atoms with E-state index in [9.17, 15) is 5.26 Å². The Labute approximate surface area is 149 Å². The fourth-order valence-corrected chi connectivity index (χ4v) is 3.09. The molecule has 0 aliphatic rings. The van der Waals surface area contributed by atoms with Crippen LogP contribution in [0.4, 0.5) is 0 Å². The number of pyridine rings is 1. The second-order valence-corrected chi connectivity index (χ2v) is 5.85. The number of nitrogens with zero attached hydrogens (tertiary/aromatic N) is 3. The molecule has 5 nitrogen and oxygen atoms in total. The van der Waals surface area contributed by atoms with E-state index in [1.54, 1.807) is 43.0 Å². The Morgan fingerprint density at radius 3 is 2.67 bits per heavy atom. The van der Waals surface area contributed by atoms with Crippen LogP contribution in [0, 0.1) is 11.3 Å². The smallest absolute Gasteiger partial charge is 0.156 e. The summed E-state index contributed by atoms with van der Waals surface area (Å²) < 4.78 is 12.5. The third kappa shape index (κ3) is 2.75. The summed E-state index contributed by atoms with van der Waals surface area (Å²) in [6.45, 7) is 0. The second-order valence-electron chi connectivity index (χ2n) is 5.01. The summed E-state index contributed by atoms with van der Waals surface area (Å²) in [4.78, 5) is 4.61. The van der Waals surface area contributed by atoms with E-state index < -0.39 is 0 Å². The molecule has 2 aromatic heterocycles. The van der Waals surface area contributed by atoms with Crippen LogP contribution in [0.3, 0.4) is 0 Å². The molecule has 0 saturated heterocycles. The van der Waals surface area contributed by atoms with Crippen molar-refractivity contribution in [2.45, 2.75) is 6.42 Å². The minimum Gasteiger partial charge on any atom is -0.497 e. The van der Waals surface area contributed by atoms with Gasteiger partial charge in [-0.25, -0.2) is 4.98 Å². The van der Waals surface area contributed by atoms with Gasteiger partial charge in [0.1, 0.15) is 11.5 Å². The Morgan fingerprint density at radius 1 is 1.21 bits per heavy atom. The summed E-state index contributed by atoms with van der Waals surface area (Å²) in [7, 11) is 3.16. The molecular formula is C17H13Cl2N3O2. The molecule has 7 heteroatoms. The molecule has 0 unspecified atom stereocenters. The van der Waals surface area contributed by atoms with Crippen LogP contribution in [0.1, 0.15) is 5.69 Å². The first kappa shape index (κ1) is 16.4. The summed E-state index contributed by atoms with van der Waals surface area (Å²) in [5.74, 6) is 1.29. The Bertz CT molecular complexity index is 961. The van der Waals surface area contributed by atoms with Crippen molar-refractivity contribution in [3.05, 3.63) is 46.2 Å². The van der Waals surface area contributed by atoms with E-state index in [1.165, 1.54) is 0 Å². The predicted molar refractivity (Wildman–Crippen MR) is 93.1 cm³/mol. The van der Waals surface area contributed by atoms with Gasteiger partial charge in [0.2, 0.25) is 0 Å². The van der Waals surface area contributed by atoms with Crippen LogP contribution in [0.25, 0.3) is 16.9 Å². The number of imidazole rings is 1. The number of ether oxygens (including phenoxy) is 2. The lowest BCUT2D eigenvalue weighted by Gasteiger charge is -2.10. The normalized spacial score (nSPS) is 10.6. The highest BCUT2D eigenvalue weighted by atomic mass is 35.5. The molecule has 0 bridgehead atoms. The number of hydrogen-bond acceptors (Lipinski definition) is 4. The van der Waals surface area contributed by atoms with Crippen LogP contribution in [0.15, 0.2) is 30.5 Å². The maximum atomic E-state index is 9.22. The molecule has 0 amide bonds. The molecule has 0 atom stereocenters. The molecule has 0 radical (unpaired) electrons. The molecular weight excluding hydrogens is 349 g/mol. The van der Waals surface area contributed by atoms with Gasteiger partial charge < -0.3 is 9.47 Å². The van der Waals surface area contributed by atoms with E-state index in [-0.39, 0.29) is 6.42 Å². The van der Waals surface area contributed by atoms with Gasteiger partial charge in [0.25, 0.3) is 0 Å². The van der Waals surface area contributed by atoms with Crippen LogP contribution in [0.5, 0.6) is 11.5 Å². The average Bonchev–Trinajstić information content (AvgIpc) is 2.93. The van der Waals surface area contributed by atoms with E-state index in [0.717, 1.165) is 5.56 Å². The predicted octanol–water partition coefficient (Wildman–Crippen LogP) is 4.39. The van der Waals surface area contributed by atoms with Crippen molar-refractivity contribution < 1.29 is 9.47 Å². The average molecular weight is 362 g/mol. The number of benzene rings is 1. The molecule has 3 rings (SSSR count). The number of hydrogen-bond donors (Lipinski definition) is 0. The van der Waals surface area contributed by atoms with Gasteiger partial charge in [0.05, 0.1) is 48.1 Å². The topological polar surface area (TPSA) is 59.6 Å². The quantitative estimate of drug-likeness (QED) is 0.691. The minimum atomic E-state index is 0.146. The highest BCUT2D eigenvalue weighted by molar-refractivity contribution is 6.36. The zero-order valence-corrected chi connectivity index (χ0v) is 14.5. The van der Waals surface area contributed by atoms with Crippen molar-refractivity contribution in [1.29, 1.82) is 5.26 Å². The van der Waals surface area contributed by atoms with E-state index in [2.05, 4.69) is 11.1 Å². The standard InChI is InChI=1S/C17H13Cl2N3O2/c1-23-11-3-4-15(24-2)12(8-11)16-14(5-6-20)22-9-10(18)7-13(19)17(22)21-16/h3-4,7-9H,5H2,1-2H3. The van der Waals surface area contributed by atoms with Crippen LogP contribution >= 0.6 is 23.2 Å². The molecule has 3 aromatic rings. The van der Waals surface area contributed by atoms with Gasteiger partial charge in [-0.2, -0.15) is 5.26 Å². The number of methoxy groups -OCH3 is 2. The van der Waals surface area contributed by atoms with Gasteiger partial charge in [0.15, 0.2) is 5.65 Å². The number of aromatic nitrogens is 2. The van der Waals surface area contributed by atoms with Crippen molar-refractivity contribution in [2.75, 3.05) is 14.2 Å². The molecule has 2 heterocycles. The van der Waals surface area contributed by atoms with Crippen molar-refractivity contribution in [3.63, 3.8) is 0 Å². The Balaban J connectivity index is 2.36. The summed E-state index contributed by atoms with van der Waals surface area (Å²) >= 11 is 12.4. The van der Waals surface area contributed by atoms with Gasteiger partial charge in [-0.3, -0.25) is 4.40 Å². The maximum Gasteiger partial charge on any atom is 0.156 e. The Morgan fingerprint density at radius 2 is 2.00 bits per heavy atom. The molecule has 0 N–H and O–H groups in total. The lowest BCUT2D eigenvalue weighted by Crippen LogP contribution is -1.96. The molecule has 122 valence electrons. The van der Waals surface area contributed by atoms with Gasteiger partial charge in [-0.1, -0.05) is 23.2 Å². The first-order valence-corrected chi connectivity index (χ1v) is 7.80. The lowest BCUT2D eigenvalue weighted by atomic mass is 10.1. The lowest BCUT2D eigenvalue weighted by molar-refractivity contribution is 0.404. The molecule has 0 spiro atoms. The van der Waals surface area contributed by atoms with Gasteiger partial charge >= 0.3 is 0 Å². The monoisotopic (exact) mass is 361 g/mol. The van der Waals surface area contributed by atoms with Crippen LogP contribution < -0.4 is 9.47 Å². The number of rotatable bonds is 4. The number of nitriles is 1. The summed E-state index contributed by atoms with van der Waals surface area (Å²) in [6, 6.07) is 9.19. The summed E-state index contributed by atoms with van der Waals surface area (Å²) in [5, 5.41) is 10.1. The molecule has 0 fully saturated rings. The van der Waals surface area contributed by atoms with E-state index in [1.807, 2.05) is 6.07 Å². The number of fused-ring (bicyclic) bond motifs is 1. The summed E-state index contributed by atoms with van der Waals surface area (Å²) in [5.41, 5.74) is 2.55. The van der Waals surface area contributed by atoms with Gasteiger partial charge in [-0.05, 0) is 24.3 Å². The molecule has 1 aromatic carbocycles. The Hall–Kier alpha value is -2.42. The fraction of sp³-hybridized carbons (Fsp3) is 0.176. The third-order valence-electron chi connectivity index (χ3n) is 3.65. The molecule has 24 heavy (non-hydrogen) atoms. The van der Waals surface area contributed by atoms with E-state index in [0.29, 0.717) is 38.6 Å². The third-order valence-corrected chi connectivity index (χ3v) is 4.13. The van der Waals surface area contributed by atoms with Crippen LogP contribution in [-0.4, -0.2) is 23.6 Å². The second kappa shape index (κ2) is 6.60. The zero-order valence-electron chi connectivity index (χ0n) is 13.0. The molecule has 0 aliphatic heterocycles. The highest BCUT2D eigenvalue weighted by Gasteiger charge is 2.20. The number of halogens is 2. The molecule has 0 aliphatic carbocycles. The minimum absolute atomic E-state index is 0.146. The van der Waals surface area contributed by atoms with E-state index >= 15 is 0 Å². The largest absolute Gasteiger partial charge is 0.497 e. The van der Waals surface area contributed by atoms with Crippen molar-refractivity contribution in [1.82, 2.24) is 9.38 Å². The van der Waals surface area contributed by atoms with Crippen molar-refractivity contribution in [2.24, 2.45) is 0 Å². The maximum absolute atomic E-state index is 9.22. The zero-order chi connectivity index (χ0) is 17.3. The SMILES string of the molecule is COc1ccc(OC)c(-c2nc3c(Cl)cc(Cl)cn3c2CC#N)c1. The van der Waals surface area contributed by atoms with Crippen molar-refractivity contribution >= 4 is 28.8 Å². The van der Waals surface area contributed by atoms with Crippen LogP contribution in [0.2, 0.25) is 10.0 Å². The Kier molecular flexibility index (Phi) is 4.52. The fourth-order valence-electron chi connectivity index (χ4n) is 2.58. The summed E-state index contributed by atoms with van der Waals surface area (Å²) in [6.07, 6.45) is 1.84. The molecule has 0 saturated carbocycles. The van der Waals surface area contributed by atoms with Crippen LogP contribution in [-0.2, 0) is 6.42 Å². The van der Waals surface area contributed by atoms with Gasteiger partial charge in [-0.15, -0.1) is 0 Å². The van der Waals surface area contributed by atoms with Crippen molar-refractivity contribution in [3.8, 4) is 28.8 Å². The van der Waals surface area contributed by atoms with E-state index in [4.69, 9.17) is 32.7 Å². The first-order chi connectivity index (χ1) is 11.6. The first-order valence-electron chi connectivity index (χ1n) is 7.04.